The highest BCUT2D eigenvalue weighted by Gasteiger charge is 2.21. The monoisotopic (exact) mass is 431 g/mol. The van der Waals surface area contributed by atoms with E-state index in [0.29, 0.717) is 21.6 Å². The highest BCUT2D eigenvalue weighted by atomic mass is 32.2. The van der Waals surface area contributed by atoms with Crippen LogP contribution in [-0.4, -0.2) is 29.4 Å². The molecule has 0 atom stereocenters. The van der Waals surface area contributed by atoms with Crippen molar-refractivity contribution in [2.75, 3.05) is 13.2 Å². The second-order valence-electron chi connectivity index (χ2n) is 5.59. The third kappa shape index (κ3) is 5.85. The van der Waals surface area contributed by atoms with E-state index < -0.39 is 0 Å². The molecule has 2 aromatic carbocycles. The van der Waals surface area contributed by atoms with Crippen LogP contribution in [0, 0.1) is 0 Å². The Kier molecular flexibility index (Phi) is 7.13. The van der Waals surface area contributed by atoms with Crippen LogP contribution >= 0.6 is 35.7 Å². The molecule has 0 unspecified atom stereocenters. The first-order valence-corrected chi connectivity index (χ1v) is 10.5. The second kappa shape index (κ2) is 9.77. The summed E-state index contributed by atoms with van der Waals surface area (Å²) in [6, 6.07) is 15.4. The Morgan fingerprint density at radius 1 is 1.14 bits per heavy atom. The molecule has 3 rings (SSSR count). The van der Waals surface area contributed by atoms with Crippen LogP contribution < -0.4 is 10.1 Å². The fourth-order valence-electron chi connectivity index (χ4n) is 2.29. The highest BCUT2D eigenvalue weighted by molar-refractivity contribution is 8.26. The lowest BCUT2D eigenvalue weighted by Crippen LogP contribution is -2.17. The van der Waals surface area contributed by atoms with Gasteiger partial charge in [-0.3, -0.25) is 4.79 Å². The zero-order chi connectivity index (χ0) is 19.9. The molecule has 1 aliphatic rings. The fraction of sp³-hybridized carbons (Fsp3) is 0.150. The van der Waals surface area contributed by atoms with Gasteiger partial charge in [0.1, 0.15) is 10.1 Å². The third-order valence-electron chi connectivity index (χ3n) is 3.54. The van der Waals surface area contributed by atoms with E-state index in [-0.39, 0.29) is 18.5 Å². The van der Waals surface area contributed by atoms with Gasteiger partial charge in [-0.1, -0.05) is 47.9 Å². The summed E-state index contributed by atoms with van der Waals surface area (Å²) in [6.45, 7) is 2.00. The van der Waals surface area contributed by atoms with Gasteiger partial charge >= 0.3 is 5.97 Å². The largest absolute Gasteiger partial charge is 0.482 e. The number of ether oxygens (including phenoxy) is 2. The maximum atomic E-state index is 11.7. The van der Waals surface area contributed by atoms with Crippen molar-refractivity contribution < 1.29 is 19.1 Å². The van der Waals surface area contributed by atoms with Gasteiger partial charge in [-0.15, -0.1) is 0 Å². The van der Waals surface area contributed by atoms with Crippen LogP contribution in [0.3, 0.4) is 0 Å². The molecular weight excluding hydrogens is 414 g/mol. The predicted octanol–water partition coefficient (Wildman–Crippen LogP) is 4.27. The fourth-order valence-corrected chi connectivity index (χ4v) is 4.15. The molecule has 0 aromatic heterocycles. The van der Waals surface area contributed by atoms with E-state index in [1.165, 1.54) is 11.8 Å². The van der Waals surface area contributed by atoms with E-state index in [0.717, 1.165) is 15.4 Å². The second-order valence-corrected chi connectivity index (χ2v) is 8.45. The van der Waals surface area contributed by atoms with E-state index in [1.54, 1.807) is 18.7 Å². The molecule has 1 saturated heterocycles. The SMILES string of the molecule is CCOC(=O)COc1ccc(Sc2ccc(C=C3SC(=S)NC3=O)cc2)cc1. The van der Waals surface area contributed by atoms with E-state index in [2.05, 4.69) is 5.32 Å². The van der Waals surface area contributed by atoms with Gasteiger partial charge in [0.25, 0.3) is 5.91 Å². The van der Waals surface area contributed by atoms with Crippen molar-refractivity contribution in [1.29, 1.82) is 0 Å². The van der Waals surface area contributed by atoms with Crippen molar-refractivity contribution in [2.24, 2.45) is 0 Å². The zero-order valence-electron chi connectivity index (χ0n) is 15.0. The Morgan fingerprint density at radius 3 is 2.36 bits per heavy atom. The molecule has 144 valence electrons. The van der Waals surface area contributed by atoms with Crippen LogP contribution in [0.15, 0.2) is 63.2 Å². The van der Waals surface area contributed by atoms with Crippen molar-refractivity contribution in [3.05, 3.63) is 59.0 Å². The van der Waals surface area contributed by atoms with Gasteiger partial charge in [0.05, 0.1) is 11.5 Å². The molecule has 1 aliphatic heterocycles. The number of thiocarbonyl (C=S) groups is 1. The van der Waals surface area contributed by atoms with Gasteiger partial charge in [0.15, 0.2) is 6.61 Å². The average Bonchev–Trinajstić information content (AvgIpc) is 3.00. The van der Waals surface area contributed by atoms with Gasteiger partial charge in [-0.25, -0.2) is 4.79 Å². The Hall–Kier alpha value is -2.29. The zero-order valence-corrected chi connectivity index (χ0v) is 17.4. The maximum Gasteiger partial charge on any atom is 0.344 e. The summed E-state index contributed by atoms with van der Waals surface area (Å²) in [5, 5.41) is 2.60. The summed E-state index contributed by atoms with van der Waals surface area (Å²) in [5.41, 5.74) is 0.939. The molecule has 0 spiro atoms. The van der Waals surface area contributed by atoms with E-state index >= 15 is 0 Å². The summed E-state index contributed by atoms with van der Waals surface area (Å²) in [7, 11) is 0. The Bertz CT molecular complexity index is 908. The number of hydrogen-bond acceptors (Lipinski definition) is 7. The number of amides is 1. The molecule has 1 fully saturated rings. The average molecular weight is 432 g/mol. The number of carbonyl (C=O) groups excluding carboxylic acids is 2. The quantitative estimate of drug-likeness (QED) is 0.399. The number of esters is 1. The molecule has 1 N–H and O–H groups in total. The maximum absolute atomic E-state index is 11.7. The molecule has 2 aromatic rings. The van der Waals surface area contributed by atoms with Crippen LogP contribution in [0.25, 0.3) is 6.08 Å². The number of rotatable bonds is 7. The van der Waals surface area contributed by atoms with Gasteiger partial charge < -0.3 is 14.8 Å². The van der Waals surface area contributed by atoms with Crippen LogP contribution in [0.4, 0.5) is 0 Å². The summed E-state index contributed by atoms with van der Waals surface area (Å²) in [6.07, 6.45) is 1.82. The van der Waals surface area contributed by atoms with E-state index in [9.17, 15) is 9.59 Å². The number of nitrogens with one attached hydrogen (secondary N) is 1. The smallest absolute Gasteiger partial charge is 0.344 e. The molecule has 0 bridgehead atoms. The first kappa shape index (κ1) is 20.4. The molecule has 8 heteroatoms. The number of thioether (sulfide) groups is 1. The van der Waals surface area contributed by atoms with Crippen LogP contribution in [0.1, 0.15) is 12.5 Å². The number of carbonyl (C=O) groups is 2. The molecule has 1 amide bonds. The molecule has 0 radical (unpaired) electrons. The topological polar surface area (TPSA) is 64.6 Å². The predicted molar refractivity (Wildman–Crippen MR) is 115 cm³/mol. The molecule has 28 heavy (non-hydrogen) atoms. The van der Waals surface area contributed by atoms with Gasteiger partial charge in [0.2, 0.25) is 0 Å². The lowest BCUT2D eigenvalue weighted by Gasteiger charge is -2.07. The molecule has 5 nitrogen and oxygen atoms in total. The first-order valence-electron chi connectivity index (χ1n) is 8.45. The summed E-state index contributed by atoms with van der Waals surface area (Å²) < 4.78 is 10.7. The van der Waals surface area contributed by atoms with Crippen LogP contribution in [0.2, 0.25) is 0 Å². The van der Waals surface area contributed by atoms with Gasteiger partial charge in [0, 0.05) is 9.79 Å². The molecule has 1 heterocycles. The first-order chi connectivity index (χ1) is 13.5. The Labute approximate surface area is 176 Å². The van der Waals surface area contributed by atoms with Crippen molar-refractivity contribution in [1.82, 2.24) is 5.32 Å². The van der Waals surface area contributed by atoms with Gasteiger partial charge in [-0.2, -0.15) is 0 Å². The lowest BCUT2D eigenvalue weighted by molar-refractivity contribution is -0.145. The molecule has 0 saturated carbocycles. The minimum atomic E-state index is -0.383. The summed E-state index contributed by atoms with van der Waals surface area (Å²) in [5.74, 6) is 0.0784. The molecular formula is C20H17NO4S3. The standard InChI is InChI=1S/C20H17NO4S3/c1-2-24-18(22)12-25-14-5-9-16(10-6-14)27-15-7-3-13(4-8-15)11-17-19(23)21-20(26)28-17/h3-11H,2,12H2,1H3,(H,21,23,26). The van der Waals surface area contributed by atoms with Crippen molar-refractivity contribution in [3.8, 4) is 5.75 Å². The Morgan fingerprint density at radius 2 is 1.79 bits per heavy atom. The highest BCUT2D eigenvalue weighted by Crippen LogP contribution is 2.30. The summed E-state index contributed by atoms with van der Waals surface area (Å²) in [4.78, 5) is 25.7. The van der Waals surface area contributed by atoms with Crippen molar-refractivity contribution in [2.45, 2.75) is 16.7 Å². The van der Waals surface area contributed by atoms with Crippen molar-refractivity contribution >= 4 is 58.0 Å². The minimum absolute atomic E-state index is 0.0989. The number of hydrogen-bond donors (Lipinski definition) is 1. The normalized spacial score (nSPS) is 14.8. The minimum Gasteiger partial charge on any atom is -0.482 e. The van der Waals surface area contributed by atoms with E-state index in [1.807, 2.05) is 54.6 Å². The van der Waals surface area contributed by atoms with Crippen LogP contribution in [0.5, 0.6) is 5.75 Å². The number of benzene rings is 2. The van der Waals surface area contributed by atoms with E-state index in [4.69, 9.17) is 21.7 Å². The van der Waals surface area contributed by atoms with Crippen LogP contribution in [-0.2, 0) is 14.3 Å². The van der Waals surface area contributed by atoms with Gasteiger partial charge in [-0.05, 0) is 55.0 Å². The molecule has 0 aliphatic carbocycles. The lowest BCUT2D eigenvalue weighted by atomic mass is 10.2. The van der Waals surface area contributed by atoms with Crippen molar-refractivity contribution in [3.63, 3.8) is 0 Å². The Balaban J connectivity index is 1.57. The third-order valence-corrected chi connectivity index (χ3v) is 5.72. The summed E-state index contributed by atoms with van der Waals surface area (Å²) >= 11 is 7.87.